The van der Waals surface area contributed by atoms with Crippen LogP contribution in [0.4, 0.5) is 5.69 Å². The van der Waals surface area contributed by atoms with Crippen molar-refractivity contribution in [1.29, 1.82) is 0 Å². The van der Waals surface area contributed by atoms with Crippen molar-refractivity contribution >= 4 is 46.1 Å². The van der Waals surface area contributed by atoms with E-state index in [0.717, 1.165) is 16.0 Å². The maximum atomic E-state index is 13.6. The van der Waals surface area contributed by atoms with Crippen molar-refractivity contribution in [2.75, 3.05) is 11.4 Å². The molecular weight excluding hydrogens is 518 g/mol. The van der Waals surface area contributed by atoms with E-state index >= 15 is 0 Å². The SMILES string of the molecule is O=C1CC(N(CCc2cccc(Cl)c2)C(=O)c2ccco2)C(=O)N1c1ccc(-c2nc3ccccc3o2)cc1. The Morgan fingerprint density at radius 3 is 2.56 bits per heavy atom. The minimum atomic E-state index is -0.967. The molecule has 1 aliphatic heterocycles. The number of oxazole rings is 1. The van der Waals surface area contributed by atoms with Crippen LogP contribution in [0.5, 0.6) is 0 Å². The van der Waals surface area contributed by atoms with Crippen LogP contribution >= 0.6 is 11.6 Å². The number of imide groups is 1. The fraction of sp³-hybridized carbons (Fsp3) is 0.133. The molecule has 39 heavy (non-hydrogen) atoms. The zero-order valence-corrected chi connectivity index (χ0v) is 21.4. The van der Waals surface area contributed by atoms with E-state index in [9.17, 15) is 14.4 Å². The number of carbonyl (C=O) groups is 3. The molecule has 3 aromatic carbocycles. The highest BCUT2D eigenvalue weighted by atomic mass is 35.5. The van der Waals surface area contributed by atoms with Crippen molar-refractivity contribution in [3.8, 4) is 11.5 Å². The molecule has 0 radical (unpaired) electrons. The van der Waals surface area contributed by atoms with Gasteiger partial charge in [-0.15, -0.1) is 0 Å². The van der Waals surface area contributed by atoms with Crippen LogP contribution in [-0.2, 0) is 16.0 Å². The summed E-state index contributed by atoms with van der Waals surface area (Å²) in [5.74, 6) is -0.778. The normalized spacial score (nSPS) is 15.3. The molecule has 0 spiro atoms. The van der Waals surface area contributed by atoms with Crippen molar-refractivity contribution in [3.63, 3.8) is 0 Å². The topological polar surface area (TPSA) is 96.9 Å². The lowest BCUT2D eigenvalue weighted by Crippen LogP contribution is -2.46. The van der Waals surface area contributed by atoms with Gasteiger partial charge in [-0.3, -0.25) is 14.4 Å². The Balaban J connectivity index is 1.25. The molecular formula is C30H22ClN3O5. The van der Waals surface area contributed by atoms with Gasteiger partial charge in [0.1, 0.15) is 11.6 Å². The third-order valence-electron chi connectivity index (χ3n) is 6.69. The average molecular weight is 540 g/mol. The summed E-state index contributed by atoms with van der Waals surface area (Å²) in [5.41, 5.74) is 3.43. The number of para-hydroxylation sites is 2. The monoisotopic (exact) mass is 539 g/mol. The highest BCUT2D eigenvalue weighted by molar-refractivity contribution is 6.30. The van der Waals surface area contributed by atoms with Gasteiger partial charge in [-0.2, -0.15) is 0 Å². The lowest BCUT2D eigenvalue weighted by molar-refractivity contribution is -0.122. The molecule has 0 aliphatic carbocycles. The molecule has 3 amide bonds. The zero-order chi connectivity index (χ0) is 26.9. The summed E-state index contributed by atoms with van der Waals surface area (Å²) in [6.07, 6.45) is 1.71. The molecule has 6 rings (SSSR count). The van der Waals surface area contributed by atoms with Gasteiger partial charge in [0.15, 0.2) is 11.3 Å². The van der Waals surface area contributed by atoms with Gasteiger partial charge < -0.3 is 13.7 Å². The summed E-state index contributed by atoms with van der Waals surface area (Å²) in [6.45, 7) is 0.202. The Labute approximate surface area is 228 Å². The van der Waals surface area contributed by atoms with Crippen LogP contribution in [0.25, 0.3) is 22.6 Å². The van der Waals surface area contributed by atoms with Crippen molar-refractivity contribution in [3.05, 3.63) is 108 Å². The van der Waals surface area contributed by atoms with Gasteiger partial charge in [-0.25, -0.2) is 9.88 Å². The van der Waals surface area contributed by atoms with E-state index in [4.69, 9.17) is 20.4 Å². The summed E-state index contributed by atoms with van der Waals surface area (Å²) in [4.78, 5) is 47.1. The van der Waals surface area contributed by atoms with E-state index in [1.54, 1.807) is 42.5 Å². The van der Waals surface area contributed by atoms with Crippen molar-refractivity contribution < 1.29 is 23.2 Å². The molecule has 5 aromatic rings. The maximum Gasteiger partial charge on any atom is 0.290 e. The third kappa shape index (κ3) is 4.82. The molecule has 1 aliphatic rings. The van der Waals surface area contributed by atoms with Gasteiger partial charge in [0, 0.05) is 17.1 Å². The second-order valence-corrected chi connectivity index (χ2v) is 9.61. The number of anilines is 1. The predicted molar refractivity (Wildman–Crippen MR) is 145 cm³/mol. The van der Waals surface area contributed by atoms with Crippen LogP contribution in [-0.4, -0.2) is 40.2 Å². The molecule has 194 valence electrons. The first kappa shape index (κ1) is 24.6. The second-order valence-electron chi connectivity index (χ2n) is 9.18. The van der Waals surface area contributed by atoms with E-state index in [1.165, 1.54) is 11.2 Å². The summed E-state index contributed by atoms with van der Waals surface area (Å²) in [7, 11) is 0. The minimum Gasteiger partial charge on any atom is -0.459 e. The highest BCUT2D eigenvalue weighted by Gasteiger charge is 2.44. The van der Waals surface area contributed by atoms with Gasteiger partial charge in [-0.05, 0) is 72.6 Å². The number of furan rings is 1. The number of rotatable bonds is 7. The molecule has 0 bridgehead atoms. The van der Waals surface area contributed by atoms with Crippen molar-refractivity contribution in [2.45, 2.75) is 18.9 Å². The summed E-state index contributed by atoms with van der Waals surface area (Å²) in [6, 6.07) is 23.8. The van der Waals surface area contributed by atoms with E-state index in [-0.39, 0.29) is 24.6 Å². The second kappa shape index (κ2) is 10.2. The predicted octanol–water partition coefficient (Wildman–Crippen LogP) is 5.76. The molecule has 9 heteroatoms. The molecule has 0 saturated carbocycles. The van der Waals surface area contributed by atoms with Crippen LogP contribution in [0.3, 0.4) is 0 Å². The van der Waals surface area contributed by atoms with Crippen LogP contribution < -0.4 is 4.90 Å². The number of hydrogen-bond donors (Lipinski definition) is 0. The van der Waals surface area contributed by atoms with Gasteiger partial charge in [0.05, 0.1) is 18.4 Å². The van der Waals surface area contributed by atoms with Gasteiger partial charge in [0.25, 0.3) is 11.8 Å². The molecule has 0 N–H and O–H groups in total. The van der Waals surface area contributed by atoms with E-state index in [1.807, 2.05) is 42.5 Å². The van der Waals surface area contributed by atoms with E-state index in [2.05, 4.69) is 4.98 Å². The number of aromatic nitrogens is 1. The molecule has 1 fully saturated rings. The Kier molecular flexibility index (Phi) is 6.46. The zero-order valence-electron chi connectivity index (χ0n) is 20.6. The molecule has 8 nitrogen and oxygen atoms in total. The number of nitrogens with zero attached hydrogens (tertiary/aromatic N) is 3. The molecule has 1 saturated heterocycles. The fourth-order valence-electron chi connectivity index (χ4n) is 4.76. The lowest BCUT2D eigenvalue weighted by atomic mass is 10.1. The van der Waals surface area contributed by atoms with Crippen LogP contribution in [0.1, 0.15) is 22.5 Å². The lowest BCUT2D eigenvalue weighted by Gasteiger charge is -2.27. The molecule has 1 atom stereocenters. The average Bonchev–Trinajstić information content (AvgIpc) is 3.69. The number of hydrogen-bond acceptors (Lipinski definition) is 6. The van der Waals surface area contributed by atoms with Crippen LogP contribution in [0, 0.1) is 0 Å². The first-order valence-corrected chi connectivity index (χ1v) is 12.8. The summed E-state index contributed by atoms with van der Waals surface area (Å²) in [5, 5.41) is 0.580. The van der Waals surface area contributed by atoms with E-state index in [0.29, 0.717) is 34.2 Å². The Morgan fingerprint density at radius 1 is 1.00 bits per heavy atom. The van der Waals surface area contributed by atoms with Crippen LogP contribution in [0.2, 0.25) is 5.02 Å². The van der Waals surface area contributed by atoms with Crippen molar-refractivity contribution in [2.24, 2.45) is 0 Å². The Bertz CT molecular complexity index is 1640. The number of carbonyl (C=O) groups excluding carboxylic acids is 3. The van der Waals surface area contributed by atoms with Crippen LogP contribution in [0.15, 0.2) is 100 Å². The minimum absolute atomic E-state index is 0.0995. The maximum absolute atomic E-state index is 13.6. The molecule has 1 unspecified atom stereocenters. The fourth-order valence-corrected chi connectivity index (χ4v) is 4.98. The largest absolute Gasteiger partial charge is 0.459 e. The van der Waals surface area contributed by atoms with Gasteiger partial charge >= 0.3 is 0 Å². The Hall–Kier alpha value is -4.69. The number of amides is 3. The highest BCUT2D eigenvalue weighted by Crippen LogP contribution is 2.30. The molecule has 3 heterocycles. The number of fused-ring (bicyclic) bond motifs is 1. The summed E-state index contributed by atoms with van der Waals surface area (Å²) >= 11 is 6.12. The third-order valence-corrected chi connectivity index (χ3v) is 6.92. The first-order chi connectivity index (χ1) is 19.0. The van der Waals surface area contributed by atoms with E-state index < -0.39 is 17.9 Å². The van der Waals surface area contributed by atoms with Gasteiger partial charge in [0.2, 0.25) is 11.8 Å². The first-order valence-electron chi connectivity index (χ1n) is 12.4. The van der Waals surface area contributed by atoms with Gasteiger partial charge in [-0.1, -0.05) is 35.9 Å². The standard InChI is InChI=1S/C30H22ClN3O5/c31-21-6-3-5-19(17-21)14-15-33(30(37)26-9-4-16-38-26)24-18-27(35)34(29(24)36)22-12-10-20(11-13-22)28-32-23-7-1-2-8-25(23)39-28/h1-13,16-17,24H,14-15,18H2. The van der Waals surface area contributed by atoms with Crippen molar-refractivity contribution in [1.82, 2.24) is 9.88 Å². The quantitative estimate of drug-likeness (QED) is 0.244. The smallest absolute Gasteiger partial charge is 0.290 e. The Morgan fingerprint density at radius 2 is 1.82 bits per heavy atom. The molecule has 2 aromatic heterocycles. The number of benzene rings is 3. The summed E-state index contributed by atoms with van der Waals surface area (Å²) < 4.78 is 11.1. The number of halogens is 1.